The number of aromatic nitrogens is 1. The van der Waals surface area contributed by atoms with Crippen LogP contribution < -0.4 is 5.32 Å². The zero-order valence-electron chi connectivity index (χ0n) is 10.6. The van der Waals surface area contributed by atoms with E-state index in [1.54, 1.807) is 18.3 Å². The Labute approximate surface area is 106 Å². The van der Waals surface area contributed by atoms with Gasteiger partial charge in [-0.15, -0.1) is 0 Å². The first-order valence-electron chi connectivity index (χ1n) is 6.07. The van der Waals surface area contributed by atoms with E-state index in [1.807, 2.05) is 0 Å². The van der Waals surface area contributed by atoms with Gasteiger partial charge < -0.3 is 9.84 Å². The molecule has 1 heterocycles. The van der Waals surface area contributed by atoms with Gasteiger partial charge in [-0.2, -0.15) is 0 Å². The van der Waals surface area contributed by atoms with E-state index in [2.05, 4.69) is 24.3 Å². The third kappa shape index (κ3) is 3.17. The smallest absolute Gasteiger partial charge is 0.171 e. The summed E-state index contributed by atoms with van der Waals surface area (Å²) in [5.74, 6) is 1.04. The van der Waals surface area contributed by atoms with Crippen LogP contribution in [-0.4, -0.2) is 11.7 Å². The monoisotopic (exact) mass is 248 g/mol. The van der Waals surface area contributed by atoms with Crippen molar-refractivity contribution in [3.63, 3.8) is 0 Å². The lowest BCUT2D eigenvalue weighted by Crippen LogP contribution is -2.18. The Hall–Kier alpha value is -1.68. The molecule has 0 amide bonds. The van der Waals surface area contributed by atoms with Gasteiger partial charge >= 0.3 is 0 Å². The van der Waals surface area contributed by atoms with Gasteiger partial charge in [0.15, 0.2) is 5.76 Å². The highest BCUT2D eigenvalue weighted by atomic mass is 19.1. The molecule has 0 spiro atoms. The van der Waals surface area contributed by atoms with Gasteiger partial charge in [0.05, 0.1) is 6.20 Å². The summed E-state index contributed by atoms with van der Waals surface area (Å²) in [6.45, 7) is 5.95. The van der Waals surface area contributed by atoms with Crippen LogP contribution in [0.2, 0.25) is 0 Å². The van der Waals surface area contributed by atoms with E-state index in [0.29, 0.717) is 18.2 Å². The van der Waals surface area contributed by atoms with Crippen LogP contribution in [-0.2, 0) is 6.54 Å². The summed E-state index contributed by atoms with van der Waals surface area (Å²) in [6.07, 6.45) is 1.70. The van der Waals surface area contributed by atoms with Crippen LogP contribution in [0.5, 0.6) is 0 Å². The number of benzene rings is 1. The summed E-state index contributed by atoms with van der Waals surface area (Å²) >= 11 is 0. The molecule has 0 fully saturated rings. The minimum Gasteiger partial charge on any atom is -0.356 e. The molecule has 2 rings (SSSR count). The number of nitrogens with zero attached hydrogens (tertiary/aromatic N) is 1. The average molecular weight is 248 g/mol. The van der Waals surface area contributed by atoms with Gasteiger partial charge in [0, 0.05) is 17.7 Å². The summed E-state index contributed by atoms with van der Waals surface area (Å²) in [6, 6.07) is 6.23. The molecule has 96 valence electrons. The predicted octanol–water partition coefficient (Wildman–Crippen LogP) is 3.23. The van der Waals surface area contributed by atoms with Crippen LogP contribution in [0.4, 0.5) is 4.39 Å². The number of nitrogens with one attached hydrogen (secondary N) is 1. The first-order chi connectivity index (χ1) is 8.66. The molecule has 0 atom stereocenters. The second-order valence-corrected chi connectivity index (χ2v) is 4.71. The van der Waals surface area contributed by atoms with Crippen molar-refractivity contribution < 1.29 is 8.91 Å². The number of hydrogen-bond acceptors (Lipinski definition) is 3. The van der Waals surface area contributed by atoms with Crippen molar-refractivity contribution in [1.82, 2.24) is 10.5 Å². The molecule has 1 aromatic carbocycles. The van der Waals surface area contributed by atoms with Gasteiger partial charge in [-0.25, -0.2) is 4.39 Å². The average Bonchev–Trinajstić information content (AvgIpc) is 2.78. The van der Waals surface area contributed by atoms with Crippen LogP contribution in [0.15, 0.2) is 35.0 Å². The Balaban J connectivity index is 2.10. The van der Waals surface area contributed by atoms with Crippen LogP contribution >= 0.6 is 0 Å². The van der Waals surface area contributed by atoms with Gasteiger partial charge in [-0.05, 0) is 36.7 Å². The minimum absolute atomic E-state index is 0.252. The molecule has 0 bridgehead atoms. The predicted molar refractivity (Wildman–Crippen MR) is 68.4 cm³/mol. The van der Waals surface area contributed by atoms with Gasteiger partial charge in [0.1, 0.15) is 5.82 Å². The van der Waals surface area contributed by atoms with E-state index in [-0.39, 0.29) is 5.82 Å². The van der Waals surface area contributed by atoms with Crippen LogP contribution in [0, 0.1) is 11.7 Å². The maximum atomic E-state index is 12.9. The molecule has 2 aromatic rings. The van der Waals surface area contributed by atoms with E-state index in [1.165, 1.54) is 12.1 Å². The zero-order chi connectivity index (χ0) is 13.0. The van der Waals surface area contributed by atoms with Crippen molar-refractivity contribution in [3.05, 3.63) is 41.8 Å². The summed E-state index contributed by atoms with van der Waals surface area (Å²) in [5, 5.41) is 7.14. The maximum absolute atomic E-state index is 12.9. The molecule has 0 saturated carbocycles. The topological polar surface area (TPSA) is 38.1 Å². The molecular weight excluding hydrogens is 231 g/mol. The van der Waals surface area contributed by atoms with Crippen molar-refractivity contribution in [1.29, 1.82) is 0 Å². The van der Waals surface area contributed by atoms with Crippen LogP contribution in [0.25, 0.3) is 11.3 Å². The molecule has 0 aliphatic heterocycles. The minimum atomic E-state index is -0.252. The SMILES string of the molecule is CC(C)CNCc1cnoc1-c1ccc(F)cc1. The highest BCUT2D eigenvalue weighted by Gasteiger charge is 2.10. The first-order valence-corrected chi connectivity index (χ1v) is 6.07. The van der Waals surface area contributed by atoms with Crippen molar-refractivity contribution in [3.8, 4) is 11.3 Å². The van der Waals surface area contributed by atoms with Crippen molar-refractivity contribution in [2.45, 2.75) is 20.4 Å². The highest BCUT2D eigenvalue weighted by Crippen LogP contribution is 2.23. The molecule has 1 N–H and O–H groups in total. The summed E-state index contributed by atoms with van der Waals surface area (Å²) < 4.78 is 18.1. The van der Waals surface area contributed by atoms with Gasteiger partial charge in [0.25, 0.3) is 0 Å². The van der Waals surface area contributed by atoms with Crippen LogP contribution in [0.1, 0.15) is 19.4 Å². The quantitative estimate of drug-likeness (QED) is 0.882. The maximum Gasteiger partial charge on any atom is 0.171 e. The van der Waals surface area contributed by atoms with Crippen molar-refractivity contribution in [2.24, 2.45) is 5.92 Å². The van der Waals surface area contributed by atoms with Gasteiger partial charge in [-0.1, -0.05) is 19.0 Å². The standard InChI is InChI=1S/C14H17FN2O/c1-10(2)7-16-8-12-9-17-18-14(12)11-3-5-13(15)6-4-11/h3-6,9-10,16H,7-8H2,1-2H3. The van der Waals surface area contributed by atoms with E-state index in [0.717, 1.165) is 17.7 Å². The lowest BCUT2D eigenvalue weighted by atomic mass is 10.1. The Morgan fingerprint density at radius 3 is 2.67 bits per heavy atom. The second-order valence-electron chi connectivity index (χ2n) is 4.71. The third-order valence-electron chi connectivity index (χ3n) is 2.62. The number of rotatable bonds is 5. The van der Waals surface area contributed by atoms with E-state index in [4.69, 9.17) is 4.52 Å². The molecule has 0 aliphatic rings. The summed E-state index contributed by atoms with van der Waals surface area (Å²) in [7, 11) is 0. The largest absolute Gasteiger partial charge is 0.356 e. The highest BCUT2D eigenvalue weighted by molar-refractivity contribution is 5.60. The molecule has 0 radical (unpaired) electrons. The van der Waals surface area contributed by atoms with Crippen molar-refractivity contribution in [2.75, 3.05) is 6.54 Å². The lowest BCUT2D eigenvalue weighted by molar-refractivity contribution is 0.431. The molecule has 1 aromatic heterocycles. The summed E-state index contributed by atoms with van der Waals surface area (Å²) in [4.78, 5) is 0. The second kappa shape index (κ2) is 5.78. The normalized spacial score (nSPS) is 11.1. The molecule has 3 nitrogen and oxygen atoms in total. The molecule has 0 saturated heterocycles. The fraction of sp³-hybridized carbons (Fsp3) is 0.357. The van der Waals surface area contributed by atoms with Gasteiger partial charge in [0.2, 0.25) is 0 Å². The lowest BCUT2D eigenvalue weighted by Gasteiger charge is -2.06. The van der Waals surface area contributed by atoms with Gasteiger partial charge in [-0.3, -0.25) is 0 Å². The van der Waals surface area contributed by atoms with E-state index >= 15 is 0 Å². The fourth-order valence-corrected chi connectivity index (χ4v) is 1.72. The number of halogens is 1. The Morgan fingerprint density at radius 2 is 2.00 bits per heavy atom. The first kappa shape index (κ1) is 12.8. The Morgan fingerprint density at radius 1 is 1.28 bits per heavy atom. The van der Waals surface area contributed by atoms with Crippen molar-refractivity contribution >= 4 is 0 Å². The van der Waals surface area contributed by atoms with Crippen LogP contribution in [0.3, 0.4) is 0 Å². The molecule has 4 heteroatoms. The molecule has 0 aliphatic carbocycles. The molecule has 0 unspecified atom stereocenters. The Bertz CT molecular complexity index is 491. The van der Waals surface area contributed by atoms with E-state index in [9.17, 15) is 4.39 Å². The fourth-order valence-electron chi connectivity index (χ4n) is 1.72. The Kier molecular flexibility index (Phi) is 4.10. The zero-order valence-corrected chi connectivity index (χ0v) is 10.6. The van der Waals surface area contributed by atoms with E-state index < -0.39 is 0 Å². The number of hydrogen-bond donors (Lipinski definition) is 1. The summed E-state index contributed by atoms with van der Waals surface area (Å²) in [5.41, 5.74) is 1.83. The molecule has 18 heavy (non-hydrogen) atoms. The molecular formula is C14H17FN2O. The third-order valence-corrected chi connectivity index (χ3v) is 2.62.